The van der Waals surface area contributed by atoms with Crippen LogP contribution in [0.2, 0.25) is 0 Å². The molecule has 0 atom stereocenters. The number of hydrogen-bond donors (Lipinski definition) is 1. The fraction of sp³-hybridized carbons (Fsp3) is 0.231. The van der Waals surface area contributed by atoms with Crippen LogP contribution in [-0.2, 0) is 6.54 Å². The van der Waals surface area contributed by atoms with E-state index in [9.17, 15) is 0 Å². The lowest BCUT2D eigenvalue weighted by atomic mass is 10.2. The van der Waals surface area contributed by atoms with Gasteiger partial charge in [-0.3, -0.25) is 0 Å². The minimum Gasteiger partial charge on any atom is -0.493 e. The molecule has 0 bridgehead atoms. The maximum Gasteiger partial charge on any atom is 0.161 e. The number of ether oxygens (including phenoxy) is 2. The Morgan fingerprint density at radius 3 is 2.28 bits per heavy atom. The molecule has 0 saturated carbocycles. The quantitative estimate of drug-likeness (QED) is 0.886. The molecule has 0 fully saturated rings. The lowest BCUT2D eigenvalue weighted by molar-refractivity contribution is 0.355. The zero-order valence-electron chi connectivity index (χ0n) is 10.4. The van der Waals surface area contributed by atoms with E-state index >= 15 is 0 Å². The summed E-state index contributed by atoms with van der Waals surface area (Å²) in [7, 11) is 3.20. The summed E-state index contributed by atoms with van der Waals surface area (Å²) in [4.78, 5) is 8.53. The number of benzene rings is 1. The molecule has 0 radical (unpaired) electrons. The van der Waals surface area contributed by atoms with Crippen molar-refractivity contribution in [2.75, 3.05) is 14.2 Å². The number of nitrogens with zero attached hydrogens (tertiary/aromatic N) is 2. The third-order valence-electron chi connectivity index (χ3n) is 2.58. The normalized spacial score (nSPS) is 10.2. The van der Waals surface area contributed by atoms with Crippen LogP contribution < -0.4 is 15.2 Å². The summed E-state index contributed by atoms with van der Waals surface area (Å²) >= 11 is 0. The number of nitrogens with two attached hydrogens (primary N) is 1. The van der Waals surface area contributed by atoms with Gasteiger partial charge < -0.3 is 15.2 Å². The number of methoxy groups -OCH3 is 2. The molecule has 2 N–H and O–H groups in total. The lowest BCUT2D eigenvalue weighted by Gasteiger charge is -2.08. The van der Waals surface area contributed by atoms with Crippen LogP contribution in [-0.4, -0.2) is 24.2 Å². The Hall–Kier alpha value is -2.14. The van der Waals surface area contributed by atoms with Crippen LogP contribution in [0.25, 0.3) is 11.4 Å². The van der Waals surface area contributed by atoms with Gasteiger partial charge in [-0.2, -0.15) is 0 Å². The summed E-state index contributed by atoms with van der Waals surface area (Å²) in [6, 6.07) is 5.56. The molecule has 2 rings (SSSR count). The van der Waals surface area contributed by atoms with E-state index in [-0.39, 0.29) is 0 Å². The molecule has 1 heterocycles. The molecule has 0 aliphatic heterocycles. The van der Waals surface area contributed by atoms with Gasteiger partial charge in [-0.25, -0.2) is 9.97 Å². The van der Waals surface area contributed by atoms with Crippen LogP contribution in [0.5, 0.6) is 11.5 Å². The Kier molecular flexibility index (Phi) is 3.74. The molecule has 0 saturated heterocycles. The van der Waals surface area contributed by atoms with Crippen LogP contribution >= 0.6 is 0 Å². The van der Waals surface area contributed by atoms with Crippen molar-refractivity contribution in [1.29, 1.82) is 0 Å². The van der Waals surface area contributed by atoms with Crippen molar-refractivity contribution in [2.45, 2.75) is 6.54 Å². The van der Waals surface area contributed by atoms with Gasteiger partial charge in [-0.1, -0.05) is 0 Å². The van der Waals surface area contributed by atoms with E-state index in [0.717, 1.165) is 11.1 Å². The number of rotatable bonds is 4. The largest absolute Gasteiger partial charge is 0.493 e. The van der Waals surface area contributed by atoms with Gasteiger partial charge in [0.25, 0.3) is 0 Å². The molecule has 0 aliphatic carbocycles. The van der Waals surface area contributed by atoms with Gasteiger partial charge in [-0.05, 0) is 18.2 Å². The van der Waals surface area contributed by atoms with E-state index in [0.29, 0.717) is 23.9 Å². The van der Waals surface area contributed by atoms with Gasteiger partial charge in [0.15, 0.2) is 17.3 Å². The predicted molar refractivity (Wildman–Crippen MR) is 68.5 cm³/mol. The van der Waals surface area contributed by atoms with Gasteiger partial charge in [0.1, 0.15) is 0 Å². The molecule has 0 amide bonds. The van der Waals surface area contributed by atoms with E-state index in [2.05, 4.69) is 9.97 Å². The van der Waals surface area contributed by atoms with Crippen molar-refractivity contribution in [3.63, 3.8) is 0 Å². The summed E-state index contributed by atoms with van der Waals surface area (Å²) in [5.74, 6) is 1.97. The molecule has 0 spiro atoms. The maximum absolute atomic E-state index is 5.51. The second-order valence-electron chi connectivity index (χ2n) is 3.69. The van der Waals surface area contributed by atoms with Crippen molar-refractivity contribution in [2.24, 2.45) is 5.73 Å². The van der Waals surface area contributed by atoms with Crippen LogP contribution in [0.3, 0.4) is 0 Å². The smallest absolute Gasteiger partial charge is 0.161 e. The third kappa shape index (κ3) is 2.41. The Bertz CT molecular complexity index is 526. The average Bonchev–Trinajstić information content (AvgIpc) is 2.46. The highest BCUT2D eigenvalue weighted by atomic mass is 16.5. The van der Waals surface area contributed by atoms with Crippen molar-refractivity contribution >= 4 is 0 Å². The van der Waals surface area contributed by atoms with Crippen LogP contribution in [0.15, 0.2) is 30.6 Å². The first-order valence-corrected chi connectivity index (χ1v) is 5.52. The molecule has 0 aliphatic rings. The average molecular weight is 245 g/mol. The van der Waals surface area contributed by atoms with Crippen LogP contribution in [0.4, 0.5) is 0 Å². The highest BCUT2D eigenvalue weighted by molar-refractivity contribution is 5.60. The highest BCUT2D eigenvalue weighted by Gasteiger charge is 2.07. The van der Waals surface area contributed by atoms with Gasteiger partial charge >= 0.3 is 0 Å². The van der Waals surface area contributed by atoms with Crippen molar-refractivity contribution < 1.29 is 9.47 Å². The molecule has 5 heteroatoms. The molecule has 5 nitrogen and oxygen atoms in total. The van der Waals surface area contributed by atoms with Gasteiger partial charge in [-0.15, -0.1) is 0 Å². The molecule has 0 unspecified atom stereocenters. The van der Waals surface area contributed by atoms with E-state index in [4.69, 9.17) is 15.2 Å². The van der Waals surface area contributed by atoms with E-state index in [1.54, 1.807) is 26.6 Å². The summed E-state index contributed by atoms with van der Waals surface area (Å²) in [6.07, 6.45) is 3.44. The molecule has 18 heavy (non-hydrogen) atoms. The SMILES string of the molecule is COc1ccc(-c2ncc(CN)cn2)cc1OC. The summed E-state index contributed by atoms with van der Waals surface area (Å²) in [5.41, 5.74) is 7.28. The molecular weight excluding hydrogens is 230 g/mol. The zero-order chi connectivity index (χ0) is 13.0. The second kappa shape index (κ2) is 5.46. The van der Waals surface area contributed by atoms with E-state index < -0.39 is 0 Å². The number of hydrogen-bond acceptors (Lipinski definition) is 5. The monoisotopic (exact) mass is 245 g/mol. The fourth-order valence-electron chi connectivity index (χ4n) is 1.58. The molecule has 1 aromatic heterocycles. The predicted octanol–water partition coefficient (Wildman–Crippen LogP) is 1.62. The van der Waals surface area contributed by atoms with E-state index in [1.165, 1.54) is 0 Å². The minimum atomic E-state index is 0.437. The highest BCUT2D eigenvalue weighted by Crippen LogP contribution is 2.30. The van der Waals surface area contributed by atoms with Gasteiger partial charge in [0.2, 0.25) is 0 Å². The van der Waals surface area contributed by atoms with Gasteiger partial charge in [0, 0.05) is 30.1 Å². The summed E-state index contributed by atoms with van der Waals surface area (Å²) in [5, 5.41) is 0. The topological polar surface area (TPSA) is 70.3 Å². The first-order chi connectivity index (χ1) is 8.78. The van der Waals surface area contributed by atoms with Crippen molar-refractivity contribution in [3.8, 4) is 22.9 Å². The Balaban J connectivity index is 2.37. The molecule has 1 aromatic carbocycles. The second-order valence-corrected chi connectivity index (χ2v) is 3.69. The molecule has 94 valence electrons. The van der Waals surface area contributed by atoms with E-state index in [1.807, 2.05) is 18.2 Å². The Morgan fingerprint density at radius 1 is 1.06 bits per heavy atom. The molecular formula is C13H15N3O2. The summed E-state index contributed by atoms with van der Waals surface area (Å²) < 4.78 is 10.4. The van der Waals surface area contributed by atoms with Crippen LogP contribution in [0, 0.1) is 0 Å². The Labute approximate surface area is 106 Å². The third-order valence-corrected chi connectivity index (χ3v) is 2.58. The minimum absolute atomic E-state index is 0.437. The van der Waals surface area contributed by atoms with Crippen molar-refractivity contribution in [3.05, 3.63) is 36.2 Å². The summed E-state index contributed by atoms with van der Waals surface area (Å²) in [6.45, 7) is 0.437. The van der Waals surface area contributed by atoms with Crippen molar-refractivity contribution in [1.82, 2.24) is 9.97 Å². The first-order valence-electron chi connectivity index (χ1n) is 5.52. The number of aromatic nitrogens is 2. The fourth-order valence-corrected chi connectivity index (χ4v) is 1.58. The lowest BCUT2D eigenvalue weighted by Crippen LogP contribution is -1.99. The Morgan fingerprint density at radius 2 is 1.72 bits per heavy atom. The first kappa shape index (κ1) is 12.3. The standard InChI is InChI=1S/C13H15N3O2/c1-17-11-4-3-10(5-12(11)18-2)13-15-7-9(6-14)8-16-13/h3-5,7-8H,6,14H2,1-2H3. The molecule has 2 aromatic rings. The van der Waals surface area contributed by atoms with Crippen LogP contribution in [0.1, 0.15) is 5.56 Å². The maximum atomic E-state index is 5.51. The van der Waals surface area contributed by atoms with Gasteiger partial charge in [0.05, 0.1) is 14.2 Å². The zero-order valence-corrected chi connectivity index (χ0v) is 10.4.